The Morgan fingerprint density at radius 2 is 1.77 bits per heavy atom. The van der Waals surface area contributed by atoms with E-state index in [1.54, 1.807) is 37.3 Å². The smallest absolute Gasteiger partial charge is 0.339 e. The molecule has 0 aliphatic carbocycles. The first-order valence-corrected chi connectivity index (χ1v) is 9.63. The lowest BCUT2D eigenvalue weighted by Gasteiger charge is -2.13. The Kier molecular flexibility index (Phi) is 5.99. The van der Waals surface area contributed by atoms with Gasteiger partial charge in [0.05, 0.1) is 29.8 Å². The Labute approximate surface area is 152 Å². The van der Waals surface area contributed by atoms with Gasteiger partial charge in [-0.15, -0.1) is 0 Å². The highest BCUT2D eigenvalue weighted by Crippen LogP contribution is 2.20. The molecular weight excluding hydrogens is 356 g/mol. The maximum atomic E-state index is 12.2. The summed E-state index contributed by atoms with van der Waals surface area (Å²) in [5.41, 5.74) is 1.94. The summed E-state index contributed by atoms with van der Waals surface area (Å²) in [5.74, 6) is -0.934. The van der Waals surface area contributed by atoms with E-state index >= 15 is 0 Å². The number of esters is 1. The average Bonchev–Trinajstić information content (AvgIpc) is 2.59. The number of sulfone groups is 1. The topological polar surface area (TPSA) is 102 Å². The van der Waals surface area contributed by atoms with Crippen LogP contribution in [-0.4, -0.2) is 40.2 Å². The van der Waals surface area contributed by atoms with Crippen LogP contribution in [0.5, 0.6) is 0 Å². The van der Waals surface area contributed by atoms with Gasteiger partial charge in [-0.2, -0.15) is 0 Å². The van der Waals surface area contributed by atoms with E-state index in [2.05, 4.69) is 15.4 Å². The molecule has 138 valence electrons. The van der Waals surface area contributed by atoms with Crippen molar-refractivity contribution in [2.75, 3.05) is 30.5 Å². The second kappa shape index (κ2) is 8.01. The van der Waals surface area contributed by atoms with E-state index in [-0.39, 0.29) is 22.9 Å². The van der Waals surface area contributed by atoms with Gasteiger partial charge in [-0.1, -0.05) is 18.2 Å². The summed E-state index contributed by atoms with van der Waals surface area (Å²) < 4.78 is 28.0. The zero-order valence-electron chi connectivity index (χ0n) is 14.7. The van der Waals surface area contributed by atoms with Crippen LogP contribution in [0.3, 0.4) is 0 Å². The molecule has 0 saturated carbocycles. The van der Waals surface area contributed by atoms with Crippen LogP contribution < -0.4 is 10.6 Å². The fourth-order valence-corrected chi connectivity index (χ4v) is 2.92. The molecule has 0 aliphatic heterocycles. The van der Waals surface area contributed by atoms with Gasteiger partial charge in [0.1, 0.15) is 0 Å². The molecule has 2 aromatic carbocycles. The summed E-state index contributed by atoms with van der Waals surface area (Å²) in [7, 11) is -2.08. The number of nitrogens with one attached hydrogen (secondary N) is 2. The van der Waals surface area contributed by atoms with Crippen LogP contribution in [-0.2, 0) is 19.4 Å². The fraction of sp³-hybridized carbons (Fsp3) is 0.222. The molecule has 26 heavy (non-hydrogen) atoms. The number of methoxy groups -OCH3 is 1. The van der Waals surface area contributed by atoms with Crippen molar-refractivity contribution in [2.24, 2.45) is 0 Å². The second-order valence-electron chi connectivity index (χ2n) is 5.69. The molecule has 2 rings (SSSR count). The molecule has 0 heterocycles. The van der Waals surface area contributed by atoms with Crippen LogP contribution in [0.4, 0.5) is 11.4 Å². The molecule has 0 radical (unpaired) electrons. The Morgan fingerprint density at radius 3 is 2.42 bits per heavy atom. The lowest BCUT2D eigenvalue weighted by atomic mass is 10.1. The molecule has 0 fully saturated rings. The standard InChI is InChI=1S/C18H20N2O5S/c1-12-8-9-13(26(3,23)24)10-16(12)19-11-17(21)20-15-7-5-4-6-14(15)18(22)25-2/h4-10,19H,11H2,1-3H3,(H,20,21). The Bertz CT molecular complexity index is 938. The first-order chi connectivity index (χ1) is 12.2. The summed E-state index contributed by atoms with van der Waals surface area (Å²) in [4.78, 5) is 24.1. The lowest BCUT2D eigenvalue weighted by Crippen LogP contribution is -2.23. The molecule has 2 N–H and O–H groups in total. The highest BCUT2D eigenvalue weighted by Gasteiger charge is 2.14. The molecule has 0 aromatic heterocycles. The van der Waals surface area contributed by atoms with E-state index in [1.165, 1.54) is 19.2 Å². The van der Waals surface area contributed by atoms with Gasteiger partial charge in [-0.3, -0.25) is 4.79 Å². The zero-order chi connectivity index (χ0) is 19.3. The Balaban J connectivity index is 2.10. The van der Waals surface area contributed by atoms with Crippen molar-refractivity contribution in [3.05, 3.63) is 53.6 Å². The number of amides is 1. The van der Waals surface area contributed by atoms with Crippen molar-refractivity contribution in [3.8, 4) is 0 Å². The molecule has 7 nitrogen and oxygen atoms in total. The number of ether oxygens (including phenoxy) is 1. The largest absolute Gasteiger partial charge is 0.465 e. The Hall–Kier alpha value is -2.87. The number of carbonyl (C=O) groups is 2. The normalized spacial score (nSPS) is 10.9. The van der Waals surface area contributed by atoms with Gasteiger partial charge in [0.2, 0.25) is 5.91 Å². The summed E-state index contributed by atoms with van der Waals surface area (Å²) in [6.07, 6.45) is 1.12. The number of hydrogen-bond donors (Lipinski definition) is 2. The summed E-state index contributed by atoms with van der Waals surface area (Å²) in [6, 6.07) is 11.2. The summed E-state index contributed by atoms with van der Waals surface area (Å²) >= 11 is 0. The van der Waals surface area contributed by atoms with Crippen LogP contribution in [0.2, 0.25) is 0 Å². The molecule has 0 spiro atoms. The van der Waals surface area contributed by atoms with E-state index < -0.39 is 15.8 Å². The molecule has 0 aliphatic rings. The van der Waals surface area contributed by atoms with Gasteiger partial charge in [0, 0.05) is 11.9 Å². The molecule has 1 amide bonds. The van der Waals surface area contributed by atoms with E-state index in [9.17, 15) is 18.0 Å². The number of rotatable bonds is 6. The highest BCUT2D eigenvalue weighted by molar-refractivity contribution is 7.90. The molecule has 2 aromatic rings. The first kappa shape index (κ1) is 19.5. The fourth-order valence-electron chi connectivity index (χ4n) is 2.27. The van der Waals surface area contributed by atoms with Crippen LogP contribution in [0, 0.1) is 6.92 Å². The molecule has 8 heteroatoms. The molecule has 0 unspecified atom stereocenters. The number of benzene rings is 2. The number of para-hydroxylation sites is 1. The van der Waals surface area contributed by atoms with Crippen molar-refractivity contribution >= 4 is 33.1 Å². The monoisotopic (exact) mass is 376 g/mol. The van der Waals surface area contributed by atoms with Gasteiger partial charge < -0.3 is 15.4 Å². The summed E-state index contributed by atoms with van der Waals surface area (Å²) in [5, 5.41) is 5.56. The SMILES string of the molecule is COC(=O)c1ccccc1NC(=O)CNc1cc(S(C)(=O)=O)ccc1C. The number of hydrogen-bond acceptors (Lipinski definition) is 6. The predicted molar refractivity (Wildman–Crippen MR) is 99.2 cm³/mol. The average molecular weight is 376 g/mol. The molecular formula is C18H20N2O5S. The maximum Gasteiger partial charge on any atom is 0.339 e. The maximum absolute atomic E-state index is 12.2. The Morgan fingerprint density at radius 1 is 1.08 bits per heavy atom. The first-order valence-electron chi connectivity index (χ1n) is 7.74. The van der Waals surface area contributed by atoms with Crippen molar-refractivity contribution in [1.29, 1.82) is 0 Å². The number of carbonyl (C=O) groups excluding carboxylic acids is 2. The van der Waals surface area contributed by atoms with Gasteiger partial charge in [-0.05, 0) is 36.8 Å². The van der Waals surface area contributed by atoms with Crippen LogP contribution in [0.1, 0.15) is 15.9 Å². The van der Waals surface area contributed by atoms with Crippen molar-refractivity contribution in [2.45, 2.75) is 11.8 Å². The van der Waals surface area contributed by atoms with Gasteiger partial charge in [0.25, 0.3) is 0 Å². The lowest BCUT2D eigenvalue weighted by molar-refractivity contribution is -0.114. The van der Waals surface area contributed by atoms with Gasteiger partial charge in [0.15, 0.2) is 9.84 Å². The predicted octanol–water partition coefficient (Wildman–Crippen LogP) is 2.24. The molecule has 0 saturated heterocycles. The quantitative estimate of drug-likeness (QED) is 0.750. The van der Waals surface area contributed by atoms with E-state index in [0.717, 1.165) is 11.8 Å². The van der Waals surface area contributed by atoms with Crippen LogP contribution in [0.25, 0.3) is 0 Å². The van der Waals surface area contributed by atoms with E-state index in [1.807, 2.05) is 0 Å². The summed E-state index contributed by atoms with van der Waals surface area (Å²) in [6.45, 7) is 1.71. The van der Waals surface area contributed by atoms with Crippen LogP contribution in [0.15, 0.2) is 47.4 Å². The zero-order valence-corrected chi connectivity index (χ0v) is 15.5. The second-order valence-corrected chi connectivity index (χ2v) is 7.70. The minimum atomic E-state index is -3.34. The third kappa shape index (κ3) is 4.82. The van der Waals surface area contributed by atoms with Crippen molar-refractivity contribution in [1.82, 2.24) is 0 Å². The number of anilines is 2. The third-order valence-electron chi connectivity index (χ3n) is 3.68. The van der Waals surface area contributed by atoms with Crippen molar-refractivity contribution < 1.29 is 22.7 Å². The van der Waals surface area contributed by atoms with Gasteiger partial charge in [-0.25, -0.2) is 13.2 Å². The third-order valence-corrected chi connectivity index (χ3v) is 4.79. The van der Waals surface area contributed by atoms with Crippen molar-refractivity contribution in [3.63, 3.8) is 0 Å². The van der Waals surface area contributed by atoms with E-state index in [4.69, 9.17) is 0 Å². The van der Waals surface area contributed by atoms with E-state index in [0.29, 0.717) is 11.4 Å². The minimum Gasteiger partial charge on any atom is -0.465 e. The molecule has 0 bridgehead atoms. The highest BCUT2D eigenvalue weighted by atomic mass is 32.2. The minimum absolute atomic E-state index is 0.0937. The molecule has 0 atom stereocenters. The van der Waals surface area contributed by atoms with Gasteiger partial charge >= 0.3 is 5.97 Å². The number of aryl methyl sites for hydroxylation is 1. The van der Waals surface area contributed by atoms with Crippen LogP contribution >= 0.6 is 0 Å².